The van der Waals surface area contributed by atoms with Crippen molar-refractivity contribution >= 4 is 6.09 Å². The van der Waals surface area contributed by atoms with Gasteiger partial charge in [-0.3, -0.25) is 0 Å². The van der Waals surface area contributed by atoms with Crippen LogP contribution in [-0.2, 0) is 10.2 Å². The Labute approximate surface area is 244 Å². The second kappa shape index (κ2) is 11.4. The SMILES string of the molecule is Cc1nc(-c2ncc(Oc3ccc(C(C)(C)c4ccc(OC5CC(OC(=O)NC(C)(C)C)C5)cc4)cc3)cc2F)no1. The van der Waals surface area contributed by atoms with Gasteiger partial charge in [-0.15, -0.1) is 0 Å². The molecule has 0 atom stereocenters. The minimum Gasteiger partial charge on any atom is -0.490 e. The summed E-state index contributed by atoms with van der Waals surface area (Å²) >= 11 is 0. The van der Waals surface area contributed by atoms with Crippen LogP contribution in [0, 0.1) is 12.7 Å². The van der Waals surface area contributed by atoms with Gasteiger partial charge in [0.2, 0.25) is 11.7 Å². The normalized spacial score (nSPS) is 16.8. The Balaban J connectivity index is 1.15. The van der Waals surface area contributed by atoms with Gasteiger partial charge in [0, 0.05) is 36.8 Å². The number of carbonyl (C=O) groups is 1. The molecule has 5 rings (SSSR count). The summed E-state index contributed by atoms with van der Waals surface area (Å²) < 4.78 is 36.9. The topological polar surface area (TPSA) is 109 Å². The first kappa shape index (κ1) is 29.0. The number of benzene rings is 2. The van der Waals surface area contributed by atoms with Gasteiger partial charge in [0.1, 0.15) is 35.2 Å². The standard InChI is InChI=1S/C32H35FN4O5/c1-19-35-29(37-42-19)28-27(33)17-26(18-34-28)40-23-13-9-21(10-14-23)32(5,6)20-7-11-22(12-8-20)39-24-15-25(16-24)41-30(38)36-31(2,3)4/h7-14,17-18,24-25H,15-16H2,1-6H3,(H,36,38). The molecule has 4 aromatic rings. The molecule has 2 heterocycles. The Morgan fingerprint density at radius 2 is 1.55 bits per heavy atom. The van der Waals surface area contributed by atoms with E-state index in [4.69, 9.17) is 18.7 Å². The number of halogens is 1. The molecule has 2 aromatic carbocycles. The van der Waals surface area contributed by atoms with E-state index < -0.39 is 11.9 Å². The van der Waals surface area contributed by atoms with E-state index in [1.54, 1.807) is 6.92 Å². The second-order valence-electron chi connectivity index (χ2n) is 12.0. The van der Waals surface area contributed by atoms with E-state index in [1.807, 2.05) is 57.2 Å². The smallest absolute Gasteiger partial charge is 0.407 e. The van der Waals surface area contributed by atoms with E-state index >= 15 is 0 Å². The van der Waals surface area contributed by atoms with Crippen molar-refractivity contribution in [2.45, 2.75) is 77.5 Å². The molecule has 0 saturated heterocycles. The van der Waals surface area contributed by atoms with E-state index in [0.717, 1.165) is 16.9 Å². The molecule has 1 N–H and O–H groups in total. The molecule has 1 fully saturated rings. The number of amides is 1. The Kier molecular flexibility index (Phi) is 7.90. The molecule has 0 aliphatic heterocycles. The van der Waals surface area contributed by atoms with E-state index in [9.17, 15) is 9.18 Å². The van der Waals surface area contributed by atoms with E-state index in [0.29, 0.717) is 24.5 Å². The van der Waals surface area contributed by atoms with Gasteiger partial charge in [-0.1, -0.05) is 43.3 Å². The van der Waals surface area contributed by atoms with Crippen LogP contribution in [-0.4, -0.2) is 39.0 Å². The minimum atomic E-state index is -0.604. The first-order chi connectivity index (χ1) is 19.9. The summed E-state index contributed by atoms with van der Waals surface area (Å²) in [5.41, 5.74) is 1.59. The molecule has 0 bridgehead atoms. The molecule has 2 aromatic heterocycles. The number of nitrogens with one attached hydrogen (secondary N) is 1. The summed E-state index contributed by atoms with van der Waals surface area (Å²) in [6, 6.07) is 17.0. The number of alkyl carbamates (subject to hydrolysis) is 1. The van der Waals surface area contributed by atoms with Crippen molar-refractivity contribution in [2.75, 3.05) is 0 Å². The molecule has 10 heteroatoms. The molecule has 220 valence electrons. The molecular formula is C32H35FN4O5. The van der Waals surface area contributed by atoms with Gasteiger partial charge < -0.3 is 24.1 Å². The maximum Gasteiger partial charge on any atom is 0.407 e. The Morgan fingerprint density at radius 3 is 2.10 bits per heavy atom. The van der Waals surface area contributed by atoms with Gasteiger partial charge in [-0.25, -0.2) is 14.2 Å². The van der Waals surface area contributed by atoms with Gasteiger partial charge in [-0.2, -0.15) is 4.98 Å². The molecule has 1 amide bonds. The first-order valence-electron chi connectivity index (χ1n) is 13.9. The average Bonchev–Trinajstić information content (AvgIpc) is 3.33. The monoisotopic (exact) mass is 574 g/mol. The lowest BCUT2D eigenvalue weighted by Crippen LogP contribution is -2.46. The summed E-state index contributed by atoms with van der Waals surface area (Å²) in [6.07, 6.45) is 2.26. The highest BCUT2D eigenvalue weighted by atomic mass is 19.1. The molecule has 0 spiro atoms. The van der Waals surface area contributed by atoms with E-state index in [2.05, 4.69) is 46.4 Å². The third kappa shape index (κ3) is 6.87. The van der Waals surface area contributed by atoms with Crippen LogP contribution in [0.4, 0.5) is 9.18 Å². The fourth-order valence-corrected chi connectivity index (χ4v) is 4.62. The number of ether oxygens (including phenoxy) is 3. The highest BCUT2D eigenvalue weighted by Gasteiger charge is 2.34. The van der Waals surface area contributed by atoms with Crippen LogP contribution < -0.4 is 14.8 Å². The van der Waals surface area contributed by atoms with Crippen molar-refractivity contribution in [1.82, 2.24) is 20.4 Å². The second-order valence-corrected chi connectivity index (χ2v) is 12.0. The third-order valence-corrected chi connectivity index (χ3v) is 7.05. The van der Waals surface area contributed by atoms with Crippen molar-refractivity contribution in [1.29, 1.82) is 0 Å². The fourth-order valence-electron chi connectivity index (χ4n) is 4.62. The van der Waals surface area contributed by atoms with Gasteiger partial charge in [0.25, 0.3) is 0 Å². The predicted molar refractivity (Wildman–Crippen MR) is 154 cm³/mol. The Morgan fingerprint density at radius 1 is 0.929 bits per heavy atom. The average molecular weight is 575 g/mol. The fraction of sp³-hybridized carbons (Fsp3) is 0.375. The van der Waals surface area contributed by atoms with E-state index in [1.165, 1.54) is 12.3 Å². The molecule has 9 nitrogen and oxygen atoms in total. The molecule has 0 unspecified atom stereocenters. The van der Waals surface area contributed by atoms with Crippen LogP contribution in [0.15, 0.2) is 65.3 Å². The summed E-state index contributed by atoms with van der Waals surface area (Å²) in [7, 11) is 0. The van der Waals surface area contributed by atoms with Gasteiger partial charge in [0.15, 0.2) is 5.82 Å². The molecule has 42 heavy (non-hydrogen) atoms. The Hall–Kier alpha value is -4.47. The molecule has 0 radical (unpaired) electrons. The minimum absolute atomic E-state index is 0.000685. The molecular weight excluding hydrogens is 539 g/mol. The predicted octanol–water partition coefficient (Wildman–Crippen LogP) is 7.13. The number of rotatable bonds is 8. The maximum absolute atomic E-state index is 14.6. The van der Waals surface area contributed by atoms with Gasteiger partial charge in [0.05, 0.1) is 6.20 Å². The van der Waals surface area contributed by atoms with Crippen molar-refractivity contribution in [2.24, 2.45) is 0 Å². The third-order valence-electron chi connectivity index (χ3n) is 7.05. The number of nitrogens with zero attached hydrogens (tertiary/aromatic N) is 3. The summed E-state index contributed by atoms with van der Waals surface area (Å²) in [4.78, 5) is 20.1. The van der Waals surface area contributed by atoms with Crippen molar-refractivity contribution in [3.63, 3.8) is 0 Å². The van der Waals surface area contributed by atoms with Gasteiger partial charge >= 0.3 is 6.09 Å². The van der Waals surface area contributed by atoms with Crippen LogP contribution in [0.3, 0.4) is 0 Å². The number of hydrogen-bond acceptors (Lipinski definition) is 8. The zero-order chi connectivity index (χ0) is 30.1. The number of carbonyl (C=O) groups excluding carboxylic acids is 1. The lowest BCUT2D eigenvalue weighted by Gasteiger charge is -2.35. The summed E-state index contributed by atoms with van der Waals surface area (Å²) in [5, 5.41) is 6.52. The van der Waals surface area contributed by atoms with Crippen molar-refractivity contribution in [3.05, 3.63) is 83.6 Å². The van der Waals surface area contributed by atoms with E-state index in [-0.39, 0.29) is 40.4 Å². The van der Waals surface area contributed by atoms with Gasteiger partial charge in [-0.05, 0) is 56.2 Å². The van der Waals surface area contributed by atoms with Crippen molar-refractivity contribution < 1.29 is 27.9 Å². The van der Waals surface area contributed by atoms with Crippen LogP contribution in [0.25, 0.3) is 11.5 Å². The van der Waals surface area contributed by atoms with Crippen LogP contribution in [0.1, 0.15) is 64.5 Å². The first-order valence-corrected chi connectivity index (χ1v) is 13.9. The quantitative estimate of drug-likeness (QED) is 0.237. The Bertz CT molecular complexity index is 1540. The summed E-state index contributed by atoms with van der Waals surface area (Å²) in [5.74, 6) is 1.41. The number of aromatic nitrogens is 3. The number of pyridine rings is 1. The highest BCUT2D eigenvalue weighted by Crippen LogP contribution is 2.35. The molecule has 1 aliphatic rings. The van der Waals surface area contributed by atoms with Crippen LogP contribution in [0.2, 0.25) is 0 Å². The highest BCUT2D eigenvalue weighted by molar-refractivity contribution is 5.68. The molecule has 1 aliphatic carbocycles. The summed E-state index contributed by atoms with van der Waals surface area (Å²) in [6.45, 7) is 11.7. The lowest BCUT2D eigenvalue weighted by atomic mass is 9.78. The largest absolute Gasteiger partial charge is 0.490 e. The number of aryl methyl sites for hydroxylation is 1. The zero-order valence-electron chi connectivity index (χ0n) is 24.6. The van der Waals surface area contributed by atoms with Crippen LogP contribution in [0.5, 0.6) is 17.2 Å². The number of hydrogen-bond donors (Lipinski definition) is 1. The maximum atomic E-state index is 14.6. The zero-order valence-corrected chi connectivity index (χ0v) is 24.6. The van der Waals surface area contributed by atoms with Crippen molar-refractivity contribution in [3.8, 4) is 28.8 Å². The van der Waals surface area contributed by atoms with Crippen LogP contribution >= 0.6 is 0 Å². The molecule has 1 saturated carbocycles. The lowest BCUT2D eigenvalue weighted by molar-refractivity contribution is -0.0243.